The predicted molar refractivity (Wildman–Crippen MR) is 54.8 cm³/mol. The van der Waals surface area contributed by atoms with Gasteiger partial charge in [-0.3, -0.25) is 0 Å². The number of hydrogen-bond acceptors (Lipinski definition) is 3. The van der Waals surface area contributed by atoms with E-state index in [-0.39, 0.29) is 12.6 Å². The highest BCUT2D eigenvalue weighted by molar-refractivity contribution is 5.77. The molecule has 0 radical (unpaired) electrons. The Balaban J connectivity index is 2.35. The van der Waals surface area contributed by atoms with E-state index in [0.717, 1.165) is 16.7 Å². The molecule has 0 fully saturated rings. The molecule has 0 aliphatic carbocycles. The van der Waals surface area contributed by atoms with Crippen LogP contribution in [-0.4, -0.2) is 11.7 Å². The van der Waals surface area contributed by atoms with Gasteiger partial charge in [0, 0.05) is 12.0 Å². The number of nitrogens with two attached hydrogens (primary N) is 1. The van der Waals surface area contributed by atoms with E-state index in [4.69, 9.17) is 15.3 Å². The summed E-state index contributed by atoms with van der Waals surface area (Å²) >= 11 is 0. The molecule has 1 atom stereocenters. The molecule has 2 rings (SSSR count). The van der Waals surface area contributed by atoms with Gasteiger partial charge in [-0.05, 0) is 18.6 Å². The maximum Gasteiger partial charge on any atom is 0.134 e. The molecule has 0 bridgehead atoms. The lowest BCUT2D eigenvalue weighted by atomic mass is 10.1. The van der Waals surface area contributed by atoms with Crippen LogP contribution in [0.15, 0.2) is 34.7 Å². The van der Waals surface area contributed by atoms with Gasteiger partial charge >= 0.3 is 0 Å². The summed E-state index contributed by atoms with van der Waals surface area (Å²) in [7, 11) is 0. The maximum absolute atomic E-state index is 8.75. The fraction of sp³-hybridized carbons (Fsp3) is 0.273. The third-order valence-corrected chi connectivity index (χ3v) is 2.25. The highest BCUT2D eigenvalue weighted by Crippen LogP contribution is 2.23. The lowest BCUT2D eigenvalue weighted by molar-refractivity contribution is 0.270. The van der Waals surface area contributed by atoms with E-state index in [1.54, 1.807) is 0 Å². The van der Waals surface area contributed by atoms with Gasteiger partial charge in [0.25, 0.3) is 0 Å². The van der Waals surface area contributed by atoms with Crippen LogP contribution in [0, 0.1) is 0 Å². The Morgan fingerprint density at radius 1 is 1.36 bits per heavy atom. The van der Waals surface area contributed by atoms with E-state index in [2.05, 4.69) is 0 Å². The van der Waals surface area contributed by atoms with E-state index in [1.807, 2.05) is 30.3 Å². The normalized spacial score (nSPS) is 13.3. The van der Waals surface area contributed by atoms with E-state index in [1.165, 1.54) is 0 Å². The highest BCUT2D eigenvalue weighted by Gasteiger charge is 2.10. The van der Waals surface area contributed by atoms with Crippen LogP contribution in [0.25, 0.3) is 11.0 Å². The molecule has 1 heterocycles. The maximum atomic E-state index is 8.75. The molecule has 14 heavy (non-hydrogen) atoms. The summed E-state index contributed by atoms with van der Waals surface area (Å²) in [5.74, 6) is 0.736. The number of aliphatic hydroxyl groups is 1. The van der Waals surface area contributed by atoms with Gasteiger partial charge in [0.15, 0.2) is 0 Å². The van der Waals surface area contributed by atoms with Crippen LogP contribution in [0.5, 0.6) is 0 Å². The molecule has 1 aromatic carbocycles. The van der Waals surface area contributed by atoms with Crippen LogP contribution in [0.1, 0.15) is 18.2 Å². The molecule has 0 spiro atoms. The minimum atomic E-state index is -0.215. The van der Waals surface area contributed by atoms with Crippen LogP contribution in [-0.2, 0) is 0 Å². The number of aliphatic hydroxyl groups excluding tert-OH is 1. The van der Waals surface area contributed by atoms with Gasteiger partial charge in [-0.2, -0.15) is 0 Å². The third kappa shape index (κ3) is 1.64. The van der Waals surface area contributed by atoms with Crippen molar-refractivity contribution in [3.63, 3.8) is 0 Å². The van der Waals surface area contributed by atoms with Crippen LogP contribution in [0.2, 0.25) is 0 Å². The number of fused-ring (bicyclic) bond motifs is 1. The van der Waals surface area contributed by atoms with Crippen molar-refractivity contribution in [2.75, 3.05) is 6.61 Å². The lowest BCUT2D eigenvalue weighted by Gasteiger charge is -2.04. The number of para-hydroxylation sites is 1. The Labute approximate surface area is 82.1 Å². The molecule has 0 saturated heterocycles. The summed E-state index contributed by atoms with van der Waals surface area (Å²) in [4.78, 5) is 0. The fourth-order valence-electron chi connectivity index (χ4n) is 1.47. The Bertz CT molecular complexity index is 389. The molecular formula is C11H13NO2. The standard InChI is InChI=1S/C11H13NO2/c12-9(5-6-13)11-7-8-3-1-2-4-10(8)14-11/h1-4,7,9,13H,5-6,12H2/t9-/m1/s1. The average molecular weight is 191 g/mol. The molecule has 0 aliphatic rings. The monoisotopic (exact) mass is 191 g/mol. The summed E-state index contributed by atoms with van der Waals surface area (Å²) in [5, 5.41) is 9.80. The van der Waals surface area contributed by atoms with Gasteiger partial charge in [0.2, 0.25) is 0 Å². The Morgan fingerprint density at radius 3 is 2.86 bits per heavy atom. The average Bonchev–Trinajstić information content (AvgIpc) is 2.61. The van der Waals surface area contributed by atoms with Crippen molar-refractivity contribution >= 4 is 11.0 Å². The molecule has 3 nitrogen and oxygen atoms in total. The van der Waals surface area contributed by atoms with Crippen molar-refractivity contribution in [1.29, 1.82) is 0 Å². The minimum Gasteiger partial charge on any atom is -0.459 e. The van der Waals surface area contributed by atoms with Crippen molar-refractivity contribution in [2.45, 2.75) is 12.5 Å². The van der Waals surface area contributed by atoms with Gasteiger partial charge < -0.3 is 15.3 Å². The van der Waals surface area contributed by atoms with Crippen molar-refractivity contribution in [2.24, 2.45) is 5.73 Å². The molecule has 0 aliphatic heterocycles. The topological polar surface area (TPSA) is 59.4 Å². The van der Waals surface area contributed by atoms with Gasteiger partial charge in [-0.15, -0.1) is 0 Å². The second-order valence-electron chi connectivity index (χ2n) is 3.31. The zero-order chi connectivity index (χ0) is 9.97. The van der Waals surface area contributed by atoms with E-state index < -0.39 is 0 Å². The second-order valence-corrected chi connectivity index (χ2v) is 3.31. The quantitative estimate of drug-likeness (QED) is 0.777. The summed E-state index contributed by atoms with van der Waals surface area (Å²) in [6.45, 7) is 0.0816. The zero-order valence-electron chi connectivity index (χ0n) is 7.81. The fourth-order valence-corrected chi connectivity index (χ4v) is 1.47. The van der Waals surface area contributed by atoms with Crippen LogP contribution < -0.4 is 5.73 Å². The first-order valence-corrected chi connectivity index (χ1v) is 4.66. The third-order valence-electron chi connectivity index (χ3n) is 2.25. The van der Waals surface area contributed by atoms with Crippen LogP contribution in [0.4, 0.5) is 0 Å². The second kappa shape index (κ2) is 3.82. The molecule has 3 heteroatoms. The van der Waals surface area contributed by atoms with E-state index in [9.17, 15) is 0 Å². The molecule has 0 saturated carbocycles. The van der Waals surface area contributed by atoms with E-state index in [0.29, 0.717) is 6.42 Å². The molecule has 0 amide bonds. The smallest absolute Gasteiger partial charge is 0.134 e. The largest absolute Gasteiger partial charge is 0.459 e. The minimum absolute atomic E-state index is 0.0816. The van der Waals surface area contributed by atoms with Gasteiger partial charge in [0.1, 0.15) is 11.3 Å². The SMILES string of the molecule is N[C@H](CCO)c1cc2ccccc2o1. The number of furan rings is 1. The molecule has 74 valence electrons. The first-order valence-electron chi connectivity index (χ1n) is 4.66. The van der Waals surface area contributed by atoms with Crippen molar-refractivity contribution in [1.82, 2.24) is 0 Å². The highest BCUT2D eigenvalue weighted by atomic mass is 16.3. The van der Waals surface area contributed by atoms with Crippen LogP contribution >= 0.6 is 0 Å². The number of benzene rings is 1. The van der Waals surface area contributed by atoms with Crippen LogP contribution in [0.3, 0.4) is 0 Å². The number of hydrogen-bond donors (Lipinski definition) is 2. The van der Waals surface area contributed by atoms with Gasteiger partial charge in [-0.1, -0.05) is 18.2 Å². The first kappa shape index (κ1) is 9.24. The summed E-state index contributed by atoms with van der Waals surface area (Å²) < 4.78 is 5.55. The lowest BCUT2D eigenvalue weighted by Crippen LogP contribution is -2.10. The van der Waals surface area contributed by atoms with Crippen molar-refractivity contribution in [3.05, 3.63) is 36.1 Å². The number of rotatable bonds is 3. The van der Waals surface area contributed by atoms with Crippen molar-refractivity contribution in [3.8, 4) is 0 Å². The molecular weight excluding hydrogens is 178 g/mol. The van der Waals surface area contributed by atoms with Gasteiger partial charge in [-0.25, -0.2) is 0 Å². The Kier molecular flexibility index (Phi) is 2.52. The molecule has 0 unspecified atom stereocenters. The summed E-state index contributed by atoms with van der Waals surface area (Å²) in [5.41, 5.74) is 6.66. The Morgan fingerprint density at radius 2 is 2.14 bits per heavy atom. The summed E-state index contributed by atoms with van der Waals surface area (Å²) in [6, 6.07) is 9.48. The molecule has 2 aromatic rings. The zero-order valence-corrected chi connectivity index (χ0v) is 7.81. The summed E-state index contributed by atoms with van der Waals surface area (Å²) in [6.07, 6.45) is 0.528. The predicted octanol–water partition coefficient (Wildman–Crippen LogP) is 1.81. The van der Waals surface area contributed by atoms with E-state index >= 15 is 0 Å². The molecule has 1 aromatic heterocycles. The molecule has 3 N–H and O–H groups in total. The Hall–Kier alpha value is -1.32. The van der Waals surface area contributed by atoms with Crippen molar-refractivity contribution < 1.29 is 9.52 Å². The first-order chi connectivity index (χ1) is 6.81. The van der Waals surface area contributed by atoms with Gasteiger partial charge in [0.05, 0.1) is 6.04 Å².